The molecule has 0 aliphatic heterocycles. The molecule has 2 unspecified atom stereocenters. The molecule has 5 nitrogen and oxygen atoms in total. The van der Waals surface area contributed by atoms with Gasteiger partial charge in [-0.15, -0.1) is 0 Å². The lowest BCUT2D eigenvalue weighted by molar-refractivity contribution is -0.144. The molecule has 0 spiro atoms. The molecule has 0 saturated heterocycles. The lowest BCUT2D eigenvalue weighted by Gasteiger charge is -2.22. The Morgan fingerprint density at radius 3 is 2.48 bits per heavy atom. The minimum atomic E-state index is -0.682. The first-order valence-electron chi connectivity index (χ1n) is 7.13. The molecule has 0 aliphatic carbocycles. The number of rotatable bonds is 7. The van der Waals surface area contributed by atoms with Crippen LogP contribution in [-0.2, 0) is 20.9 Å². The van der Waals surface area contributed by atoms with Crippen LogP contribution in [0.4, 0.5) is 4.79 Å². The quantitative estimate of drug-likeness (QED) is 0.785. The normalized spacial score (nSPS) is 13.1. The van der Waals surface area contributed by atoms with Gasteiger partial charge in [-0.3, -0.25) is 0 Å². The molecule has 0 saturated carbocycles. The summed E-state index contributed by atoms with van der Waals surface area (Å²) in [6, 6.07) is 8.69. The lowest BCUT2D eigenvalue weighted by Crippen LogP contribution is -2.46. The Kier molecular flexibility index (Phi) is 7.29. The van der Waals surface area contributed by atoms with Gasteiger partial charge >= 0.3 is 12.1 Å². The zero-order valence-electron chi connectivity index (χ0n) is 12.8. The fourth-order valence-electron chi connectivity index (χ4n) is 2.07. The average molecular weight is 293 g/mol. The van der Waals surface area contributed by atoms with Crippen molar-refractivity contribution >= 4 is 12.1 Å². The molecule has 0 aromatic heterocycles. The van der Waals surface area contributed by atoms with Crippen molar-refractivity contribution in [2.24, 2.45) is 5.92 Å². The number of carbonyl (C=O) groups excluding carboxylic acids is 2. The van der Waals surface area contributed by atoms with Crippen molar-refractivity contribution in [1.82, 2.24) is 5.32 Å². The molecule has 116 valence electrons. The van der Waals surface area contributed by atoms with Gasteiger partial charge in [0.05, 0.1) is 7.11 Å². The molecule has 1 aromatic rings. The van der Waals surface area contributed by atoms with Crippen LogP contribution in [0.25, 0.3) is 0 Å². The summed E-state index contributed by atoms with van der Waals surface area (Å²) in [5.74, 6) is -0.459. The first-order valence-corrected chi connectivity index (χ1v) is 7.13. The molecule has 0 aliphatic rings. The number of benzene rings is 1. The third-order valence-electron chi connectivity index (χ3n) is 3.25. The Morgan fingerprint density at radius 2 is 1.90 bits per heavy atom. The third-order valence-corrected chi connectivity index (χ3v) is 3.25. The number of hydrogen-bond acceptors (Lipinski definition) is 4. The Bertz CT molecular complexity index is 447. The highest BCUT2D eigenvalue weighted by atomic mass is 16.6. The number of ether oxygens (including phenoxy) is 2. The second kappa shape index (κ2) is 9.00. The lowest BCUT2D eigenvalue weighted by atomic mass is 9.97. The molecule has 21 heavy (non-hydrogen) atoms. The van der Waals surface area contributed by atoms with E-state index in [2.05, 4.69) is 5.32 Å². The Morgan fingerprint density at radius 1 is 1.24 bits per heavy atom. The number of methoxy groups -OCH3 is 1. The van der Waals surface area contributed by atoms with Gasteiger partial charge in [-0.05, 0) is 17.9 Å². The molecular formula is C16H23NO4. The number of alkyl carbamates (subject to hydrolysis) is 1. The smallest absolute Gasteiger partial charge is 0.408 e. The van der Waals surface area contributed by atoms with Crippen LogP contribution in [-0.4, -0.2) is 25.2 Å². The predicted octanol–water partition coefficient (Wildman–Crippen LogP) is 2.89. The van der Waals surface area contributed by atoms with Crippen molar-refractivity contribution in [3.63, 3.8) is 0 Å². The number of carbonyl (C=O) groups is 2. The Labute approximate surface area is 125 Å². The van der Waals surface area contributed by atoms with Crippen LogP contribution in [0.5, 0.6) is 0 Å². The Hall–Kier alpha value is -2.04. The van der Waals surface area contributed by atoms with E-state index < -0.39 is 18.1 Å². The standard InChI is InChI=1S/C16H23NO4/c1-4-8-12(2)14(15(18)20-3)17-16(19)21-11-13-9-6-5-7-10-13/h5-7,9-10,12,14H,4,8,11H2,1-3H3,(H,17,19). The highest BCUT2D eigenvalue weighted by molar-refractivity contribution is 5.81. The van der Waals surface area contributed by atoms with Crippen molar-refractivity contribution in [1.29, 1.82) is 0 Å². The first-order chi connectivity index (χ1) is 10.1. The van der Waals surface area contributed by atoms with Crippen molar-refractivity contribution in [3.05, 3.63) is 35.9 Å². The minimum absolute atomic E-state index is 0.00766. The summed E-state index contributed by atoms with van der Waals surface area (Å²) in [5, 5.41) is 2.59. The van der Waals surface area contributed by atoms with E-state index in [9.17, 15) is 9.59 Å². The van der Waals surface area contributed by atoms with Gasteiger partial charge in [-0.25, -0.2) is 9.59 Å². The maximum Gasteiger partial charge on any atom is 0.408 e. The SMILES string of the molecule is CCCC(C)C(NC(=O)OCc1ccccc1)C(=O)OC. The highest BCUT2D eigenvalue weighted by Crippen LogP contribution is 2.12. The van der Waals surface area contributed by atoms with E-state index in [0.29, 0.717) is 0 Å². The summed E-state index contributed by atoms with van der Waals surface area (Å²) >= 11 is 0. The molecule has 1 N–H and O–H groups in total. The molecule has 1 rings (SSSR count). The molecule has 0 heterocycles. The minimum Gasteiger partial charge on any atom is -0.467 e. The topological polar surface area (TPSA) is 64.6 Å². The van der Waals surface area contributed by atoms with E-state index in [0.717, 1.165) is 18.4 Å². The first kappa shape index (κ1) is 17.0. The van der Waals surface area contributed by atoms with E-state index >= 15 is 0 Å². The summed E-state index contributed by atoms with van der Waals surface area (Å²) in [7, 11) is 1.31. The van der Waals surface area contributed by atoms with Crippen LogP contribution in [0.15, 0.2) is 30.3 Å². The fourth-order valence-corrected chi connectivity index (χ4v) is 2.07. The number of esters is 1. The molecule has 1 aromatic carbocycles. The van der Waals surface area contributed by atoms with Crippen LogP contribution in [0, 0.1) is 5.92 Å². The highest BCUT2D eigenvalue weighted by Gasteiger charge is 2.27. The van der Waals surface area contributed by atoms with Crippen LogP contribution in [0.2, 0.25) is 0 Å². The zero-order valence-corrected chi connectivity index (χ0v) is 12.8. The monoisotopic (exact) mass is 293 g/mol. The van der Waals surface area contributed by atoms with Crippen molar-refractivity contribution < 1.29 is 19.1 Å². The van der Waals surface area contributed by atoms with E-state index in [-0.39, 0.29) is 12.5 Å². The van der Waals surface area contributed by atoms with E-state index in [1.165, 1.54) is 7.11 Å². The predicted molar refractivity (Wildman–Crippen MR) is 79.6 cm³/mol. The fraction of sp³-hybridized carbons (Fsp3) is 0.500. The van der Waals surface area contributed by atoms with Crippen LogP contribution in [0.1, 0.15) is 32.3 Å². The van der Waals surface area contributed by atoms with Crippen LogP contribution < -0.4 is 5.32 Å². The van der Waals surface area contributed by atoms with Gasteiger partial charge < -0.3 is 14.8 Å². The molecule has 5 heteroatoms. The second-order valence-corrected chi connectivity index (χ2v) is 4.97. The molecule has 2 atom stereocenters. The summed E-state index contributed by atoms with van der Waals surface area (Å²) in [4.78, 5) is 23.6. The molecule has 0 fully saturated rings. The van der Waals surface area contributed by atoms with E-state index in [1.807, 2.05) is 44.2 Å². The van der Waals surface area contributed by atoms with Crippen molar-refractivity contribution in [2.45, 2.75) is 39.3 Å². The van der Waals surface area contributed by atoms with Crippen LogP contribution >= 0.6 is 0 Å². The van der Waals surface area contributed by atoms with Crippen molar-refractivity contribution in [3.8, 4) is 0 Å². The summed E-state index contributed by atoms with van der Waals surface area (Å²) in [5.41, 5.74) is 0.892. The van der Waals surface area contributed by atoms with Gasteiger partial charge in [0.15, 0.2) is 0 Å². The van der Waals surface area contributed by atoms with Gasteiger partial charge in [0, 0.05) is 0 Å². The van der Waals surface area contributed by atoms with Gasteiger partial charge in [0.1, 0.15) is 12.6 Å². The number of hydrogen-bond donors (Lipinski definition) is 1. The summed E-state index contributed by atoms with van der Waals surface area (Å²) < 4.78 is 9.86. The van der Waals surface area contributed by atoms with E-state index in [4.69, 9.17) is 9.47 Å². The number of amides is 1. The maximum atomic E-state index is 11.8. The van der Waals surface area contributed by atoms with Crippen molar-refractivity contribution in [2.75, 3.05) is 7.11 Å². The molecule has 1 amide bonds. The number of nitrogens with one attached hydrogen (secondary N) is 1. The van der Waals surface area contributed by atoms with Gasteiger partial charge in [-0.1, -0.05) is 50.6 Å². The van der Waals surface area contributed by atoms with Gasteiger partial charge in [-0.2, -0.15) is 0 Å². The summed E-state index contributed by atoms with van der Waals surface area (Å²) in [6.45, 7) is 4.10. The van der Waals surface area contributed by atoms with E-state index in [1.54, 1.807) is 0 Å². The van der Waals surface area contributed by atoms with Gasteiger partial charge in [0.25, 0.3) is 0 Å². The molecule has 0 radical (unpaired) electrons. The van der Waals surface area contributed by atoms with Gasteiger partial charge in [0.2, 0.25) is 0 Å². The summed E-state index contributed by atoms with van der Waals surface area (Å²) in [6.07, 6.45) is 1.13. The Balaban J connectivity index is 2.53. The molecular weight excluding hydrogens is 270 g/mol. The zero-order chi connectivity index (χ0) is 15.7. The maximum absolute atomic E-state index is 11.8. The molecule has 0 bridgehead atoms. The third kappa shape index (κ3) is 5.85. The second-order valence-electron chi connectivity index (χ2n) is 4.97. The largest absolute Gasteiger partial charge is 0.467 e. The van der Waals surface area contributed by atoms with Crippen LogP contribution in [0.3, 0.4) is 0 Å². The average Bonchev–Trinajstić information content (AvgIpc) is 2.51.